The molecule has 1 aliphatic heterocycles. The highest BCUT2D eigenvalue weighted by molar-refractivity contribution is 6.08. The molecule has 1 fully saturated rings. The third-order valence-electron chi connectivity index (χ3n) is 5.75. The standard InChI is InChI=1S/C25H25FN8O/c1-16-13-22(33-32-16)30-21-15-23(34-11-9-27-10-12-34)31-20(29-21)14-17-4-6-18(7-5-17)24(35)19-3-2-8-28-25(19)26/h2-8,13,15,27H,9-12,14H2,1H3,(H2,29,30,31,32,33). The van der Waals surface area contributed by atoms with Crippen molar-refractivity contribution < 1.29 is 9.18 Å². The summed E-state index contributed by atoms with van der Waals surface area (Å²) in [6.07, 6.45) is 1.80. The normalized spacial score (nSPS) is 13.6. The maximum Gasteiger partial charge on any atom is 0.224 e. The molecule has 0 atom stereocenters. The van der Waals surface area contributed by atoms with Crippen LogP contribution >= 0.6 is 0 Å². The van der Waals surface area contributed by atoms with Crippen LogP contribution in [0.1, 0.15) is 33.0 Å². The number of aryl methyl sites for hydroxylation is 1. The molecule has 35 heavy (non-hydrogen) atoms. The summed E-state index contributed by atoms with van der Waals surface area (Å²) in [6, 6.07) is 13.9. The third-order valence-corrected chi connectivity index (χ3v) is 5.75. The van der Waals surface area contributed by atoms with Crippen LogP contribution in [0.15, 0.2) is 54.7 Å². The number of aromatic amines is 1. The number of pyridine rings is 1. The Kier molecular flexibility index (Phi) is 6.44. The van der Waals surface area contributed by atoms with Crippen molar-refractivity contribution in [3.63, 3.8) is 0 Å². The number of anilines is 3. The lowest BCUT2D eigenvalue weighted by atomic mass is 10.0. The van der Waals surface area contributed by atoms with Crippen LogP contribution in [-0.4, -0.2) is 57.1 Å². The van der Waals surface area contributed by atoms with Gasteiger partial charge in [0.1, 0.15) is 23.3 Å². The fourth-order valence-corrected chi connectivity index (χ4v) is 3.97. The Balaban J connectivity index is 1.38. The molecule has 0 unspecified atom stereocenters. The Morgan fingerprint density at radius 2 is 1.91 bits per heavy atom. The fourth-order valence-electron chi connectivity index (χ4n) is 3.97. The summed E-state index contributed by atoms with van der Waals surface area (Å²) < 4.78 is 13.9. The minimum absolute atomic E-state index is 0.0444. The van der Waals surface area contributed by atoms with E-state index in [-0.39, 0.29) is 5.56 Å². The van der Waals surface area contributed by atoms with E-state index >= 15 is 0 Å². The van der Waals surface area contributed by atoms with E-state index in [0.29, 0.717) is 23.6 Å². The largest absolute Gasteiger partial charge is 0.354 e. The second-order valence-electron chi connectivity index (χ2n) is 8.36. The summed E-state index contributed by atoms with van der Waals surface area (Å²) in [5, 5.41) is 13.7. The van der Waals surface area contributed by atoms with E-state index in [1.165, 1.54) is 12.3 Å². The van der Waals surface area contributed by atoms with Gasteiger partial charge in [0.2, 0.25) is 5.95 Å². The highest BCUT2D eigenvalue weighted by Gasteiger charge is 2.17. The number of aromatic nitrogens is 5. The smallest absolute Gasteiger partial charge is 0.224 e. The second kappa shape index (κ2) is 9.98. The molecule has 4 heterocycles. The predicted octanol–water partition coefficient (Wildman–Crippen LogP) is 3.02. The van der Waals surface area contributed by atoms with Gasteiger partial charge in [0.25, 0.3) is 0 Å². The molecule has 178 valence electrons. The first kappa shape index (κ1) is 22.6. The molecule has 4 aromatic rings. The molecule has 0 aliphatic carbocycles. The number of H-pyrrole nitrogens is 1. The Morgan fingerprint density at radius 1 is 1.11 bits per heavy atom. The number of piperazine rings is 1. The van der Waals surface area contributed by atoms with Crippen molar-refractivity contribution in [1.82, 2.24) is 30.5 Å². The molecule has 0 radical (unpaired) electrons. The van der Waals surface area contributed by atoms with Crippen LogP contribution in [-0.2, 0) is 6.42 Å². The van der Waals surface area contributed by atoms with Crippen LogP contribution in [0.4, 0.5) is 21.8 Å². The number of benzene rings is 1. The first-order valence-electron chi connectivity index (χ1n) is 11.4. The van der Waals surface area contributed by atoms with E-state index in [0.717, 1.165) is 49.1 Å². The lowest BCUT2D eigenvalue weighted by Crippen LogP contribution is -2.44. The van der Waals surface area contributed by atoms with Gasteiger partial charge in [0.05, 0.1) is 11.3 Å². The van der Waals surface area contributed by atoms with Gasteiger partial charge in [-0.2, -0.15) is 9.49 Å². The van der Waals surface area contributed by atoms with Gasteiger partial charge in [-0.25, -0.2) is 15.0 Å². The van der Waals surface area contributed by atoms with Gasteiger partial charge in [-0.1, -0.05) is 24.3 Å². The van der Waals surface area contributed by atoms with E-state index in [9.17, 15) is 9.18 Å². The van der Waals surface area contributed by atoms with Crippen LogP contribution in [0.3, 0.4) is 0 Å². The molecule has 0 amide bonds. The third kappa shape index (κ3) is 5.33. The molecular weight excluding hydrogens is 447 g/mol. The molecule has 3 aromatic heterocycles. The zero-order chi connectivity index (χ0) is 24.2. The van der Waals surface area contributed by atoms with Gasteiger partial charge in [-0.3, -0.25) is 9.89 Å². The summed E-state index contributed by atoms with van der Waals surface area (Å²) in [5.74, 6) is 1.76. The minimum atomic E-state index is -0.771. The number of carbonyl (C=O) groups excluding carboxylic acids is 1. The van der Waals surface area contributed by atoms with E-state index in [1.54, 1.807) is 18.2 Å². The lowest BCUT2D eigenvalue weighted by molar-refractivity contribution is 0.103. The number of carbonyl (C=O) groups is 1. The molecule has 10 heteroatoms. The van der Waals surface area contributed by atoms with Crippen LogP contribution in [0.25, 0.3) is 0 Å². The molecule has 1 aromatic carbocycles. The Morgan fingerprint density at radius 3 is 2.63 bits per heavy atom. The monoisotopic (exact) mass is 472 g/mol. The van der Waals surface area contributed by atoms with Gasteiger partial charge in [-0.05, 0) is 24.6 Å². The van der Waals surface area contributed by atoms with E-state index < -0.39 is 11.7 Å². The molecule has 1 saturated heterocycles. The molecule has 3 N–H and O–H groups in total. The van der Waals surface area contributed by atoms with Crippen molar-refractivity contribution >= 4 is 23.2 Å². The summed E-state index contributed by atoms with van der Waals surface area (Å²) in [7, 11) is 0. The van der Waals surface area contributed by atoms with Gasteiger partial charge in [0.15, 0.2) is 5.78 Å². The molecule has 0 bridgehead atoms. The van der Waals surface area contributed by atoms with Crippen molar-refractivity contribution in [1.29, 1.82) is 0 Å². The first-order chi connectivity index (χ1) is 17.0. The average Bonchev–Trinajstić information content (AvgIpc) is 3.29. The molecule has 0 spiro atoms. The van der Waals surface area contributed by atoms with E-state index in [4.69, 9.17) is 9.97 Å². The topological polar surface area (TPSA) is 112 Å². The predicted molar refractivity (Wildman–Crippen MR) is 131 cm³/mol. The average molecular weight is 473 g/mol. The SMILES string of the molecule is Cc1cc(Nc2cc(N3CCNCC3)nc(Cc3ccc(C(=O)c4cccnc4F)cc3)n2)[nH]n1. The number of nitrogens with zero attached hydrogens (tertiary/aromatic N) is 5. The van der Waals surface area contributed by atoms with Crippen molar-refractivity contribution in [3.05, 3.63) is 88.9 Å². The summed E-state index contributed by atoms with van der Waals surface area (Å²) >= 11 is 0. The summed E-state index contributed by atoms with van der Waals surface area (Å²) in [5.41, 5.74) is 2.17. The first-order valence-corrected chi connectivity index (χ1v) is 11.4. The zero-order valence-corrected chi connectivity index (χ0v) is 19.3. The maximum absolute atomic E-state index is 13.9. The molecular formula is C25H25FN8O. The number of nitrogens with one attached hydrogen (secondary N) is 3. The fraction of sp³-hybridized carbons (Fsp3) is 0.240. The van der Waals surface area contributed by atoms with Crippen LogP contribution in [0.2, 0.25) is 0 Å². The second-order valence-corrected chi connectivity index (χ2v) is 8.36. The molecule has 0 saturated carbocycles. The van der Waals surface area contributed by atoms with Crippen molar-refractivity contribution in [2.45, 2.75) is 13.3 Å². The van der Waals surface area contributed by atoms with Crippen LogP contribution in [0, 0.1) is 12.9 Å². The Hall–Kier alpha value is -4.18. The lowest BCUT2D eigenvalue weighted by Gasteiger charge is -2.28. The highest BCUT2D eigenvalue weighted by atomic mass is 19.1. The van der Waals surface area contributed by atoms with Crippen molar-refractivity contribution in [2.24, 2.45) is 0 Å². The number of ketones is 1. The highest BCUT2D eigenvalue weighted by Crippen LogP contribution is 2.22. The van der Waals surface area contributed by atoms with E-state index in [2.05, 4.69) is 30.7 Å². The van der Waals surface area contributed by atoms with Gasteiger partial charge < -0.3 is 15.5 Å². The number of rotatable bonds is 7. The molecule has 9 nitrogen and oxygen atoms in total. The van der Waals surface area contributed by atoms with Crippen molar-refractivity contribution in [2.75, 3.05) is 36.4 Å². The van der Waals surface area contributed by atoms with Gasteiger partial charge in [-0.15, -0.1) is 0 Å². The summed E-state index contributed by atoms with van der Waals surface area (Å²) in [4.78, 5) is 28.0. The Labute approximate surface area is 201 Å². The van der Waals surface area contributed by atoms with Crippen LogP contribution < -0.4 is 15.5 Å². The number of halogens is 1. The molecule has 1 aliphatic rings. The van der Waals surface area contributed by atoms with E-state index in [1.807, 2.05) is 31.2 Å². The van der Waals surface area contributed by atoms with Crippen molar-refractivity contribution in [3.8, 4) is 0 Å². The van der Waals surface area contributed by atoms with Gasteiger partial charge >= 0.3 is 0 Å². The quantitative estimate of drug-likeness (QED) is 0.278. The van der Waals surface area contributed by atoms with Gasteiger partial charge in [0, 0.05) is 56.5 Å². The minimum Gasteiger partial charge on any atom is -0.354 e. The summed E-state index contributed by atoms with van der Waals surface area (Å²) in [6.45, 7) is 5.43. The van der Waals surface area contributed by atoms with Crippen LogP contribution in [0.5, 0.6) is 0 Å². The Bertz CT molecular complexity index is 1330. The maximum atomic E-state index is 13.9. The molecule has 5 rings (SSSR count). The number of hydrogen-bond acceptors (Lipinski definition) is 8. The zero-order valence-electron chi connectivity index (χ0n) is 19.3. The number of hydrogen-bond donors (Lipinski definition) is 3.